The summed E-state index contributed by atoms with van der Waals surface area (Å²) in [5.41, 5.74) is 0. The second-order valence-corrected chi connectivity index (χ2v) is 4.12. The standard InChI is InChI=1S/C11H11ClO2/c12-9-6-8(7-9)11(13)14-10-4-2-1-3-5-10/h1-5,8-9H,6-7H2. The lowest BCUT2D eigenvalue weighted by atomic mass is 9.85. The van der Waals surface area contributed by atoms with Crippen LogP contribution in [0.15, 0.2) is 30.3 Å². The molecule has 1 aromatic carbocycles. The zero-order valence-corrected chi connectivity index (χ0v) is 8.41. The van der Waals surface area contributed by atoms with Crippen LogP contribution >= 0.6 is 11.6 Å². The van der Waals surface area contributed by atoms with Gasteiger partial charge in [-0.15, -0.1) is 11.6 Å². The predicted molar refractivity (Wildman–Crippen MR) is 54.4 cm³/mol. The van der Waals surface area contributed by atoms with Gasteiger partial charge in [-0.2, -0.15) is 0 Å². The van der Waals surface area contributed by atoms with E-state index >= 15 is 0 Å². The molecule has 0 bridgehead atoms. The summed E-state index contributed by atoms with van der Waals surface area (Å²) < 4.78 is 5.17. The molecular formula is C11H11ClO2. The van der Waals surface area contributed by atoms with Gasteiger partial charge in [0.25, 0.3) is 0 Å². The molecule has 1 saturated carbocycles. The molecule has 1 fully saturated rings. The van der Waals surface area contributed by atoms with Gasteiger partial charge in [0.05, 0.1) is 5.92 Å². The quantitative estimate of drug-likeness (QED) is 0.426. The fourth-order valence-electron chi connectivity index (χ4n) is 1.43. The first kappa shape index (κ1) is 9.53. The van der Waals surface area contributed by atoms with E-state index in [0.717, 1.165) is 12.8 Å². The lowest BCUT2D eigenvalue weighted by Crippen LogP contribution is -2.33. The van der Waals surface area contributed by atoms with Gasteiger partial charge in [0.2, 0.25) is 0 Å². The number of hydrogen-bond donors (Lipinski definition) is 0. The number of halogens is 1. The van der Waals surface area contributed by atoms with Crippen LogP contribution in [0.3, 0.4) is 0 Å². The maximum Gasteiger partial charge on any atom is 0.314 e. The van der Waals surface area contributed by atoms with E-state index in [-0.39, 0.29) is 17.3 Å². The Morgan fingerprint density at radius 1 is 1.29 bits per heavy atom. The molecule has 3 heteroatoms. The molecule has 1 aromatic rings. The Morgan fingerprint density at radius 3 is 2.50 bits per heavy atom. The highest BCUT2D eigenvalue weighted by atomic mass is 35.5. The SMILES string of the molecule is O=C(Oc1ccccc1)C1CC(Cl)C1. The molecule has 0 atom stereocenters. The molecule has 2 rings (SSSR count). The lowest BCUT2D eigenvalue weighted by molar-refractivity contribution is -0.141. The fraction of sp³-hybridized carbons (Fsp3) is 0.364. The van der Waals surface area contributed by atoms with E-state index in [1.807, 2.05) is 18.2 Å². The van der Waals surface area contributed by atoms with Gasteiger partial charge >= 0.3 is 5.97 Å². The number of rotatable bonds is 2. The normalized spacial score (nSPS) is 25.2. The molecule has 74 valence electrons. The first-order valence-corrected chi connectivity index (χ1v) is 5.10. The molecule has 0 spiro atoms. The summed E-state index contributed by atoms with van der Waals surface area (Å²) in [4.78, 5) is 11.5. The van der Waals surface area contributed by atoms with Crippen LogP contribution in [-0.4, -0.2) is 11.3 Å². The Labute approximate surface area is 87.8 Å². The molecule has 0 saturated heterocycles. The third-order valence-electron chi connectivity index (χ3n) is 2.38. The molecule has 0 N–H and O–H groups in total. The van der Waals surface area contributed by atoms with E-state index in [9.17, 15) is 4.79 Å². The summed E-state index contributed by atoms with van der Waals surface area (Å²) in [5, 5.41) is 0.156. The van der Waals surface area contributed by atoms with E-state index in [1.165, 1.54) is 0 Å². The minimum Gasteiger partial charge on any atom is -0.426 e. The molecular weight excluding hydrogens is 200 g/mol. The van der Waals surface area contributed by atoms with E-state index in [1.54, 1.807) is 12.1 Å². The van der Waals surface area contributed by atoms with E-state index < -0.39 is 0 Å². The smallest absolute Gasteiger partial charge is 0.314 e. The minimum atomic E-state index is -0.159. The van der Waals surface area contributed by atoms with Crippen LogP contribution in [0.25, 0.3) is 0 Å². The fourth-order valence-corrected chi connectivity index (χ4v) is 1.86. The number of carbonyl (C=O) groups is 1. The third kappa shape index (κ3) is 2.07. The molecule has 1 aliphatic carbocycles. The van der Waals surface area contributed by atoms with Gasteiger partial charge in [-0.05, 0) is 25.0 Å². The van der Waals surface area contributed by atoms with Crippen LogP contribution in [-0.2, 0) is 4.79 Å². The van der Waals surface area contributed by atoms with Gasteiger partial charge < -0.3 is 4.74 Å². The van der Waals surface area contributed by atoms with Crippen molar-refractivity contribution in [2.24, 2.45) is 5.92 Å². The predicted octanol–water partition coefficient (Wildman–Crippen LogP) is 2.61. The highest BCUT2D eigenvalue weighted by Crippen LogP contribution is 2.33. The van der Waals surface area contributed by atoms with Crippen molar-refractivity contribution in [2.75, 3.05) is 0 Å². The summed E-state index contributed by atoms with van der Waals surface area (Å²) in [6.07, 6.45) is 1.49. The van der Waals surface area contributed by atoms with Crippen LogP contribution in [0.1, 0.15) is 12.8 Å². The minimum absolute atomic E-state index is 0.00212. The number of esters is 1. The zero-order valence-electron chi connectivity index (χ0n) is 7.65. The number of carbonyl (C=O) groups excluding carboxylic acids is 1. The van der Waals surface area contributed by atoms with Crippen LogP contribution in [0, 0.1) is 5.92 Å². The van der Waals surface area contributed by atoms with Crippen molar-refractivity contribution < 1.29 is 9.53 Å². The molecule has 0 amide bonds. The van der Waals surface area contributed by atoms with Crippen molar-refractivity contribution in [3.05, 3.63) is 30.3 Å². The molecule has 0 aliphatic heterocycles. The van der Waals surface area contributed by atoms with Crippen molar-refractivity contribution in [1.29, 1.82) is 0 Å². The number of alkyl halides is 1. The van der Waals surface area contributed by atoms with Crippen molar-refractivity contribution in [1.82, 2.24) is 0 Å². The monoisotopic (exact) mass is 210 g/mol. The Morgan fingerprint density at radius 2 is 1.93 bits per heavy atom. The van der Waals surface area contributed by atoms with Gasteiger partial charge in [0.15, 0.2) is 0 Å². The van der Waals surface area contributed by atoms with Crippen molar-refractivity contribution in [2.45, 2.75) is 18.2 Å². The van der Waals surface area contributed by atoms with Crippen LogP contribution < -0.4 is 4.74 Å². The number of para-hydroxylation sites is 1. The van der Waals surface area contributed by atoms with Gasteiger partial charge in [0.1, 0.15) is 5.75 Å². The maximum atomic E-state index is 11.5. The largest absolute Gasteiger partial charge is 0.426 e. The highest BCUT2D eigenvalue weighted by Gasteiger charge is 2.34. The summed E-state index contributed by atoms with van der Waals surface area (Å²) in [6, 6.07) is 9.11. The van der Waals surface area contributed by atoms with Crippen molar-refractivity contribution >= 4 is 17.6 Å². The Kier molecular flexibility index (Phi) is 2.73. The molecule has 1 aliphatic rings. The second-order valence-electron chi connectivity index (χ2n) is 3.50. The Bertz CT molecular complexity index is 317. The van der Waals surface area contributed by atoms with Crippen LogP contribution in [0.2, 0.25) is 0 Å². The summed E-state index contributed by atoms with van der Waals surface area (Å²) in [7, 11) is 0. The average Bonchev–Trinajstić information content (AvgIpc) is 2.14. The summed E-state index contributed by atoms with van der Waals surface area (Å²) >= 11 is 5.78. The van der Waals surface area contributed by atoms with Gasteiger partial charge in [0, 0.05) is 5.38 Å². The summed E-state index contributed by atoms with van der Waals surface area (Å²) in [6.45, 7) is 0. The zero-order chi connectivity index (χ0) is 9.97. The average molecular weight is 211 g/mol. The van der Waals surface area contributed by atoms with Gasteiger partial charge in [-0.1, -0.05) is 18.2 Å². The number of benzene rings is 1. The second kappa shape index (κ2) is 4.01. The van der Waals surface area contributed by atoms with Crippen LogP contribution in [0.5, 0.6) is 5.75 Å². The maximum absolute atomic E-state index is 11.5. The van der Waals surface area contributed by atoms with Crippen molar-refractivity contribution in [3.8, 4) is 5.75 Å². The number of ether oxygens (including phenoxy) is 1. The third-order valence-corrected chi connectivity index (χ3v) is 2.73. The Balaban J connectivity index is 1.89. The van der Waals surface area contributed by atoms with E-state index in [4.69, 9.17) is 16.3 Å². The highest BCUT2D eigenvalue weighted by molar-refractivity contribution is 6.21. The first-order valence-electron chi connectivity index (χ1n) is 4.66. The molecule has 2 nitrogen and oxygen atoms in total. The van der Waals surface area contributed by atoms with Gasteiger partial charge in [-0.25, -0.2) is 0 Å². The first-order chi connectivity index (χ1) is 6.75. The van der Waals surface area contributed by atoms with E-state index in [2.05, 4.69) is 0 Å². The Hall–Kier alpha value is -1.02. The molecule has 0 heterocycles. The van der Waals surface area contributed by atoms with Gasteiger partial charge in [-0.3, -0.25) is 4.79 Å². The summed E-state index contributed by atoms with van der Waals surface area (Å²) in [5.74, 6) is 0.446. The molecule has 0 radical (unpaired) electrons. The van der Waals surface area contributed by atoms with Crippen LogP contribution in [0.4, 0.5) is 0 Å². The molecule has 0 unspecified atom stereocenters. The molecule has 0 aromatic heterocycles. The molecule has 14 heavy (non-hydrogen) atoms. The topological polar surface area (TPSA) is 26.3 Å². The number of hydrogen-bond acceptors (Lipinski definition) is 2. The van der Waals surface area contributed by atoms with Crippen molar-refractivity contribution in [3.63, 3.8) is 0 Å². The van der Waals surface area contributed by atoms with E-state index in [0.29, 0.717) is 5.75 Å². The lowest BCUT2D eigenvalue weighted by Gasteiger charge is -2.28.